The highest BCUT2D eigenvalue weighted by Gasteiger charge is 2.20. The highest BCUT2D eigenvalue weighted by molar-refractivity contribution is 5.49. The number of benzene rings is 1. The van der Waals surface area contributed by atoms with Gasteiger partial charge in [-0.2, -0.15) is 0 Å². The summed E-state index contributed by atoms with van der Waals surface area (Å²) in [6.45, 7) is 0. The Morgan fingerprint density at radius 2 is 2.17 bits per heavy atom. The van der Waals surface area contributed by atoms with Gasteiger partial charge in [0.05, 0.1) is 4.92 Å². The lowest BCUT2D eigenvalue weighted by atomic mass is 10.3. The highest BCUT2D eigenvalue weighted by atomic mass is 19.1. The Hall–Kier alpha value is -2.77. The van der Waals surface area contributed by atoms with Gasteiger partial charge in [0.25, 0.3) is 0 Å². The van der Waals surface area contributed by atoms with Gasteiger partial charge in [0.15, 0.2) is 5.82 Å². The number of nitro benzene ring substituents is 1. The minimum absolute atomic E-state index is 0.0734. The van der Waals surface area contributed by atoms with Crippen molar-refractivity contribution < 1.29 is 14.1 Å². The lowest BCUT2D eigenvalue weighted by molar-refractivity contribution is -0.385. The van der Waals surface area contributed by atoms with Gasteiger partial charge < -0.3 is 10.5 Å². The van der Waals surface area contributed by atoms with E-state index in [1.54, 1.807) is 0 Å². The maximum absolute atomic E-state index is 13.5. The summed E-state index contributed by atoms with van der Waals surface area (Å²) >= 11 is 0. The fourth-order valence-corrected chi connectivity index (χ4v) is 1.26. The van der Waals surface area contributed by atoms with E-state index < -0.39 is 22.2 Å². The second kappa shape index (κ2) is 4.62. The van der Waals surface area contributed by atoms with Crippen LogP contribution in [0.4, 0.5) is 15.9 Å². The van der Waals surface area contributed by atoms with Crippen LogP contribution in [0.3, 0.4) is 0 Å². The first-order chi connectivity index (χ1) is 8.58. The first-order valence-electron chi connectivity index (χ1n) is 4.76. The fraction of sp³-hybridized carbons (Fsp3) is 0. The molecule has 0 spiro atoms. The van der Waals surface area contributed by atoms with E-state index in [0.29, 0.717) is 0 Å². The van der Waals surface area contributed by atoms with Gasteiger partial charge in [0.1, 0.15) is 12.1 Å². The molecule has 0 aliphatic rings. The molecule has 0 bridgehead atoms. The predicted octanol–water partition coefficient (Wildman–Crippen LogP) is 1.90. The van der Waals surface area contributed by atoms with Crippen LogP contribution < -0.4 is 10.5 Å². The number of nitro groups is 1. The number of ether oxygens (including phenoxy) is 1. The van der Waals surface area contributed by atoms with Gasteiger partial charge in [0, 0.05) is 12.1 Å². The molecule has 2 N–H and O–H groups in total. The Morgan fingerprint density at radius 1 is 1.39 bits per heavy atom. The molecule has 18 heavy (non-hydrogen) atoms. The SMILES string of the molecule is Nc1cc(Oc2c(F)cccc2[N+](=O)[O-])ncn1. The van der Waals surface area contributed by atoms with E-state index in [9.17, 15) is 14.5 Å². The summed E-state index contributed by atoms with van der Waals surface area (Å²) < 4.78 is 18.5. The van der Waals surface area contributed by atoms with Crippen molar-refractivity contribution in [2.45, 2.75) is 0 Å². The van der Waals surface area contributed by atoms with Gasteiger partial charge in [-0.3, -0.25) is 10.1 Å². The Morgan fingerprint density at radius 3 is 2.83 bits per heavy atom. The summed E-state index contributed by atoms with van der Waals surface area (Å²) in [5, 5.41) is 10.7. The first-order valence-corrected chi connectivity index (χ1v) is 4.76. The molecule has 8 heteroatoms. The van der Waals surface area contributed by atoms with Crippen molar-refractivity contribution in [3.63, 3.8) is 0 Å². The van der Waals surface area contributed by atoms with E-state index in [1.807, 2.05) is 0 Å². The molecule has 0 saturated carbocycles. The number of nitrogens with two attached hydrogens (primary N) is 1. The summed E-state index contributed by atoms with van der Waals surface area (Å²) in [4.78, 5) is 17.3. The molecular formula is C10H7FN4O3. The van der Waals surface area contributed by atoms with Crippen LogP contribution >= 0.6 is 0 Å². The van der Waals surface area contributed by atoms with Crippen molar-refractivity contribution in [1.29, 1.82) is 0 Å². The van der Waals surface area contributed by atoms with Crippen molar-refractivity contribution in [3.8, 4) is 11.6 Å². The zero-order valence-corrected chi connectivity index (χ0v) is 8.91. The van der Waals surface area contributed by atoms with E-state index in [2.05, 4.69) is 9.97 Å². The molecule has 2 rings (SSSR count). The summed E-state index contributed by atoms with van der Waals surface area (Å²) in [7, 11) is 0. The lowest BCUT2D eigenvalue weighted by Gasteiger charge is -2.06. The predicted molar refractivity (Wildman–Crippen MR) is 59.6 cm³/mol. The van der Waals surface area contributed by atoms with Gasteiger partial charge in [-0.05, 0) is 6.07 Å². The molecule has 0 aliphatic carbocycles. The molecule has 0 aliphatic heterocycles. The smallest absolute Gasteiger partial charge is 0.314 e. The summed E-state index contributed by atoms with van der Waals surface area (Å²) in [5.74, 6) is -1.34. The van der Waals surface area contributed by atoms with Crippen LogP contribution in [-0.4, -0.2) is 14.9 Å². The largest absolute Gasteiger partial charge is 0.428 e. The van der Waals surface area contributed by atoms with Crippen molar-refractivity contribution >= 4 is 11.5 Å². The number of rotatable bonds is 3. The Labute approximate surface area is 100 Å². The van der Waals surface area contributed by atoms with E-state index in [1.165, 1.54) is 12.1 Å². The van der Waals surface area contributed by atoms with Gasteiger partial charge in [-0.15, -0.1) is 0 Å². The zero-order chi connectivity index (χ0) is 13.1. The van der Waals surface area contributed by atoms with Crippen LogP contribution in [0.2, 0.25) is 0 Å². The molecule has 0 saturated heterocycles. The average molecular weight is 250 g/mol. The zero-order valence-electron chi connectivity index (χ0n) is 8.91. The molecule has 0 amide bonds. The standard InChI is InChI=1S/C10H7FN4O3/c11-6-2-1-3-7(15(16)17)10(6)18-9-4-8(12)13-5-14-9/h1-5H,(H2,12,13,14). The second-order valence-corrected chi connectivity index (χ2v) is 3.23. The van der Waals surface area contributed by atoms with E-state index in [-0.39, 0.29) is 11.7 Å². The van der Waals surface area contributed by atoms with Crippen molar-refractivity contribution in [2.24, 2.45) is 0 Å². The Balaban J connectivity index is 2.42. The van der Waals surface area contributed by atoms with Gasteiger partial charge in [-0.1, -0.05) is 6.07 Å². The molecule has 0 fully saturated rings. The van der Waals surface area contributed by atoms with Crippen molar-refractivity contribution in [2.75, 3.05) is 5.73 Å². The third kappa shape index (κ3) is 2.32. The number of halogens is 1. The number of nitrogen functional groups attached to an aromatic ring is 1. The third-order valence-electron chi connectivity index (χ3n) is 2.01. The van der Waals surface area contributed by atoms with Crippen LogP contribution in [0.5, 0.6) is 11.6 Å². The number of anilines is 1. The minimum Gasteiger partial charge on any atom is -0.428 e. The van der Waals surface area contributed by atoms with Crippen molar-refractivity contribution in [3.05, 3.63) is 46.5 Å². The summed E-state index contributed by atoms with van der Waals surface area (Å²) in [6, 6.07) is 4.63. The molecule has 0 radical (unpaired) electrons. The number of nitrogens with zero attached hydrogens (tertiary/aromatic N) is 3. The Bertz CT molecular complexity index is 605. The molecule has 1 heterocycles. The van der Waals surface area contributed by atoms with Crippen molar-refractivity contribution in [1.82, 2.24) is 9.97 Å². The normalized spacial score (nSPS) is 10.1. The van der Waals surface area contributed by atoms with Crippen LogP contribution in [0, 0.1) is 15.9 Å². The highest BCUT2D eigenvalue weighted by Crippen LogP contribution is 2.33. The first kappa shape index (κ1) is 11.7. The monoisotopic (exact) mass is 250 g/mol. The molecule has 0 atom stereocenters. The molecular weight excluding hydrogens is 243 g/mol. The second-order valence-electron chi connectivity index (χ2n) is 3.23. The number of aromatic nitrogens is 2. The average Bonchev–Trinajstić information content (AvgIpc) is 2.31. The topological polar surface area (TPSA) is 104 Å². The lowest BCUT2D eigenvalue weighted by Crippen LogP contribution is -1.98. The molecule has 92 valence electrons. The van der Waals surface area contributed by atoms with E-state index >= 15 is 0 Å². The number of para-hydroxylation sites is 1. The molecule has 0 unspecified atom stereocenters. The maximum Gasteiger partial charge on any atom is 0.314 e. The molecule has 7 nitrogen and oxygen atoms in total. The van der Waals surface area contributed by atoms with Crippen LogP contribution in [0.1, 0.15) is 0 Å². The Kier molecular flexibility index (Phi) is 3.00. The molecule has 2 aromatic rings. The van der Waals surface area contributed by atoms with Crippen LogP contribution in [0.15, 0.2) is 30.6 Å². The third-order valence-corrected chi connectivity index (χ3v) is 2.01. The molecule has 1 aromatic carbocycles. The number of hydrogen-bond acceptors (Lipinski definition) is 6. The van der Waals surface area contributed by atoms with Crippen LogP contribution in [-0.2, 0) is 0 Å². The minimum atomic E-state index is -0.860. The quantitative estimate of drug-likeness (QED) is 0.658. The van der Waals surface area contributed by atoms with Gasteiger partial charge >= 0.3 is 5.69 Å². The maximum atomic E-state index is 13.5. The van der Waals surface area contributed by atoms with Gasteiger partial charge in [-0.25, -0.2) is 14.4 Å². The van der Waals surface area contributed by atoms with Crippen LogP contribution in [0.25, 0.3) is 0 Å². The summed E-state index contributed by atoms with van der Waals surface area (Å²) in [6.07, 6.45) is 1.11. The molecule has 1 aromatic heterocycles. The van der Waals surface area contributed by atoms with E-state index in [0.717, 1.165) is 18.5 Å². The number of hydrogen-bond donors (Lipinski definition) is 1. The van der Waals surface area contributed by atoms with Gasteiger partial charge in [0.2, 0.25) is 11.6 Å². The fourth-order valence-electron chi connectivity index (χ4n) is 1.26. The summed E-state index contributed by atoms with van der Waals surface area (Å²) in [5.41, 5.74) is 4.90. The van der Waals surface area contributed by atoms with E-state index in [4.69, 9.17) is 10.5 Å².